The van der Waals surface area contributed by atoms with E-state index in [9.17, 15) is 0 Å². The van der Waals surface area contributed by atoms with Gasteiger partial charge in [0.05, 0.1) is 12.7 Å². The predicted octanol–water partition coefficient (Wildman–Crippen LogP) is 1.55. The van der Waals surface area contributed by atoms with Gasteiger partial charge in [-0.25, -0.2) is 0 Å². The summed E-state index contributed by atoms with van der Waals surface area (Å²) in [7, 11) is 1.66. The zero-order valence-corrected chi connectivity index (χ0v) is 9.05. The molecule has 3 nitrogen and oxygen atoms in total. The summed E-state index contributed by atoms with van der Waals surface area (Å²) >= 11 is 0. The number of nitrogens with one attached hydrogen (secondary N) is 1. The van der Waals surface area contributed by atoms with E-state index in [0.717, 1.165) is 13.0 Å². The third-order valence-corrected chi connectivity index (χ3v) is 2.63. The molecule has 0 rings (SSSR count). The Bertz CT molecular complexity index is 176. The predicted molar refractivity (Wildman–Crippen MR) is 53.4 cm³/mol. The van der Waals surface area contributed by atoms with Crippen molar-refractivity contribution in [2.75, 3.05) is 20.3 Å². The Balaban J connectivity index is 4.06. The minimum Gasteiger partial charge on any atom is -0.383 e. The molecule has 0 aromatic carbocycles. The summed E-state index contributed by atoms with van der Waals surface area (Å²) in [4.78, 5) is 0. The van der Waals surface area contributed by atoms with Gasteiger partial charge in [0.15, 0.2) is 0 Å². The van der Waals surface area contributed by atoms with E-state index in [-0.39, 0.29) is 0 Å². The SMILES string of the molecule is CCC(C)C(C)(C#N)NCCOC. The Morgan fingerprint density at radius 3 is 2.62 bits per heavy atom. The summed E-state index contributed by atoms with van der Waals surface area (Å²) in [6.07, 6.45) is 1.00. The maximum Gasteiger partial charge on any atom is 0.106 e. The van der Waals surface area contributed by atoms with Gasteiger partial charge >= 0.3 is 0 Å². The summed E-state index contributed by atoms with van der Waals surface area (Å²) in [6, 6.07) is 2.32. The third kappa shape index (κ3) is 3.75. The van der Waals surface area contributed by atoms with Gasteiger partial charge in [-0.3, -0.25) is 5.32 Å². The minimum absolute atomic E-state index is 0.356. The Hall–Kier alpha value is -0.590. The second-order valence-corrected chi connectivity index (χ2v) is 3.54. The second-order valence-electron chi connectivity index (χ2n) is 3.54. The second kappa shape index (κ2) is 5.95. The van der Waals surface area contributed by atoms with Crippen LogP contribution in [0.3, 0.4) is 0 Å². The van der Waals surface area contributed by atoms with E-state index in [1.54, 1.807) is 7.11 Å². The lowest BCUT2D eigenvalue weighted by Gasteiger charge is -2.29. The Morgan fingerprint density at radius 2 is 2.23 bits per heavy atom. The molecule has 0 saturated carbocycles. The van der Waals surface area contributed by atoms with Crippen LogP contribution in [0.1, 0.15) is 27.2 Å². The van der Waals surface area contributed by atoms with Crippen LogP contribution in [0, 0.1) is 17.2 Å². The third-order valence-electron chi connectivity index (χ3n) is 2.63. The molecule has 0 heterocycles. The van der Waals surface area contributed by atoms with Gasteiger partial charge in [-0.1, -0.05) is 20.3 Å². The molecule has 0 aliphatic rings. The van der Waals surface area contributed by atoms with Gasteiger partial charge in [0.25, 0.3) is 0 Å². The molecule has 0 fully saturated rings. The lowest BCUT2D eigenvalue weighted by molar-refractivity contribution is 0.184. The Kier molecular flexibility index (Phi) is 5.68. The van der Waals surface area contributed by atoms with E-state index in [2.05, 4.69) is 25.2 Å². The van der Waals surface area contributed by atoms with Gasteiger partial charge in [-0.15, -0.1) is 0 Å². The lowest BCUT2D eigenvalue weighted by atomic mass is 9.86. The molecule has 0 aromatic heterocycles. The quantitative estimate of drug-likeness (QED) is 0.637. The summed E-state index contributed by atoms with van der Waals surface area (Å²) in [6.45, 7) is 7.50. The van der Waals surface area contributed by atoms with E-state index < -0.39 is 5.54 Å². The molecule has 2 atom stereocenters. The molecular formula is C10H20N2O. The van der Waals surface area contributed by atoms with E-state index >= 15 is 0 Å². The van der Waals surface area contributed by atoms with Crippen molar-refractivity contribution in [3.8, 4) is 6.07 Å². The molecule has 2 unspecified atom stereocenters. The molecule has 13 heavy (non-hydrogen) atoms. The summed E-state index contributed by atoms with van der Waals surface area (Å²) in [5.41, 5.74) is -0.423. The van der Waals surface area contributed by atoms with Gasteiger partial charge in [-0.2, -0.15) is 5.26 Å². The fraction of sp³-hybridized carbons (Fsp3) is 0.900. The molecule has 3 heteroatoms. The van der Waals surface area contributed by atoms with Gasteiger partial charge in [0.2, 0.25) is 0 Å². The van der Waals surface area contributed by atoms with Crippen molar-refractivity contribution in [1.29, 1.82) is 5.26 Å². The molecule has 0 aliphatic heterocycles. The van der Waals surface area contributed by atoms with Gasteiger partial charge in [-0.05, 0) is 12.8 Å². The normalized spacial score (nSPS) is 17.5. The summed E-state index contributed by atoms with van der Waals surface area (Å²) in [5, 5.41) is 12.2. The maximum absolute atomic E-state index is 9.03. The number of nitriles is 1. The van der Waals surface area contributed by atoms with Gasteiger partial charge in [0, 0.05) is 13.7 Å². The van der Waals surface area contributed by atoms with Crippen molar-refractivity contribution < 1.29 is 4.74 Å². The topological polar surface area (TPSA) is 45.0 Å². The van der Waals surface area contributed by atoms with Crippen molar-refractivity contribution >= 4 is 0 Å². The number of hydrogen-bond acceptors (Lipinski definition) is 3. The van der Waals surface area contributed by atoms with Crippen molar-refractivity contribution in [2.45, 2.75) is 32.7 Å². The van der Waals surface area contributed by atoms with Crippen molar-refractivity contribution in [3.63, 3.8) is 0 Å². The zero-order chi connectivity index (χ0) is 10.3. The first-order valence-electron chi connectivity index (χ1n) is 4.76. The van der Waals surface area contributed by atoms with Crippen LogP contribution in [0.15, 0.2) is 0 Å². The van der Waals surface area contributed by atoms with Crippen LogP contribution in [0.5, 0.6) is 0 Å². The number of methoxy groups -OCH3 is 1. The van der Waals surface area contributed by atoms with Gasteiger partial charge < -0.3 is 4.74 Å². The first-order valence-corrected chi connectivity index (χ1v) is 4.76. The molecule has 0 aromatic rings. The largest absolute Gasteiger partial charge is 0.383 e. The molecule has 0 amide bonds. The maximum atomic E-state index is 9.03. The van der Waals surface area contributed by atoms with Crippen molar-refractivity contribution in [1.82, 2.24) is 5.32 Å². The molecule has 0 spiro atoms. The van der Waals surface area contributed by atoms with Crippen molar-refractivity contribution in [3.05, 3.63) is 0 Å². The molecular weight excluding hydrogens is 164 g/mol. The molecule has 0 bridgehead atoms. The minimum atomic E-state index is -0.423. The molecule has 0 saturated heterocycles. The number of nitrogens with zero attached hydrogens (tertiary/aromatic N) is 1. The molecule has 1 N–H and O–H groups in total. The average molecular weight is 184 g/mol. The molecule has 76 valence electrons. The standard InChI is InChI=1S/C10H20N2O/c1-5-9(2)10(3,8-11)12-6-7-13-4/h9,12H,5-7H2,1-4H3. The summed E-state index contributed by atoms with van der Waals surface area (Å²) < 4.78 is 4.92. The first kappa shape index (κ1) is 12.4. The van der Waals surface area contributed by atoms with Crippen LogP contribution in [0.2, 0.25) is 0 Å². The fourth-order valence-electron chi connectivity index (χ4n) is 1.14. The Morgan fingerprint density at radius 1 is 1.62 bits per heavy atom. The average Bonchev–Trinajstić information content (AvgIpc) is 2.16. The first-order chi connectivity index (χ1) is 6.10. The number of hydrogen-bond donors (Lipinski definition) is 1. The monoisotopic (exact) mass is 184 g/mol. The van der Waals surface area contributed by atoms with E-state index in [0.29, 0.717) is 12.5 Å². The van der Waals surface area contributed by atoms with Gasteiger partial charge in [0.1, 0.15) is 5.54 Å². The Labute approximate surface area is 81.1 Å². The van der Waals surface area contributed by atoms with E-state index in [1.807, 2.05) is 6.92 Å². The zero-order valence-electron chi connectivity index (χ0n) is 9.05. The molecule has 0 aliphatic carbocycles. The fourth-order valence-corrected chi connectivity index (χ4v) is 1.14. The summed E-state index contributed by atoms with van der Waals surface area (Å²) in [5.74, 6) is 0.356. The highest BCUT2D eigenvalue weighted by Crippen LogP contribution is 2.18. The van der Waals surface area contributed by atoms with Crippen LogP contribution >= 0.6 is 0 Å². The van der Waals surface area contributed by atoms with Crippen LogP contribution in [0.25, 0.3) is 0 Å². The smallest absolute Gasteiger partial charge is 0.106 e. The number of rotatable bonds is 6. The van der Waals surface area contributed by atoms with Crippen LogP contribution in [-0.2, 0) is 4.74 Å². The van der Waals surface area contributed by atoms with Crippen LogP contribution in [0.4, 0.5) is 0 Å². The van der Waals surface area contributed by atoms with Crippen LogP contribution in [-0.4, -0.2) is 25.8 Å². The molecule has 0 radical (unpaired) electrons. The lowest BCUT2D eigenvalue weighted by Crippen LogP contribution is -2.47. The highest BCUT2D eigenvalue weighted by Gasteiger charge is 2.28. The van der Waals surface area contributed by atoms with Crippen LogP contribution < -0.4 is 5.32 Å². The van der Waals surface area contributed by atoms with E-state index in [4.69, 9.17) is 10.00 Å². The highest BCUT2D eigenvalue weighted by molar-refractivity contribution is 5.06. The number of ether oxygens (including phenoxy) is 1. The highest BCUT2D eigenvalue weighted by atomic mass is 16.5. The van der Waals surface area contributed by atoms with Crippen molar-refractivity contribution in [2.24, 2.45) is 5.92 Å². The van der Waals surface area contributed by atoms with E-state index in [1.165, 1.54) is 0 Å².